The Morgan fingerprint density at radius 3 is 2.72 bits per heavy atom. The zero-order valence-corrected chi connectivity index (χ0v) is 11.5. The number of hydrogen-bond acceptors (Lipinski definition) is 6. The summed E-state index contributed by atoms with van der Waals surface area (Å²) in [5.74, 6) is -0.537. The van der Waals surface area contributed by atoms with Crippen molar-refractivity contribution in [2.24, 2.45) is 0 Å². The number of nitrogens with one attached hydrogen (secondary N) is 1. The molecular formula is C11H17N3O3S. The number of anilines is 1. The number of methoxy groups -OCH3 is 1. The summed E-state index contributed by atoms with van der Waals surface area (Å²) in [7, 11) is 1.33. The number of thiazole rings is 1. The summed E-state index contributed by atoms with van der Waals surface area (Å²) in [4.78, 5) is 28.7. The highest BCUT2D eigenvalue weighted by Crippen LogP contribution is 2.14. The number of aromatic nitrogens is 1. The van der Waals surface area contributed by atoms with Crippen molar-refractivity contribution in [3.05, 3.63) is 11.1 Å². The molecule has 0 aromatic carbocycles. The van der Waals surface area contributed by atoms with Crippen LogP contribution < -0.4 is 5.32 Å². The summed E-state index contributed by atoms with van der Waals surface area (Å²) in [5, 5.41) is 5.13. The van der Waals surface area contributed by atoms with E-state index in [-0.39, 0.29) is 25.0 Å². The molecule has 0 aliphatic carbocycles. The first-order valence-electron chi connectivity index (χ1n) is 5.56. The molecule has 0 fully saturated rings. The highest BCUT2D eigenvalue weighted by molar-refractivity contribution is 7.13. The predicted molar refractivity (Wildman–Crippen MR) is 69.6 cm³/mol. The number of carbonyl (C=O) groups is 2. The van der Waals surface area contributed by atoms with Crippen molar-refractivity contribution in [3.8, 4) is 0 Å². The third kappa shape index (κ3) is 4.80. The van der Waals surface area contributed by atoms with Crippen molar-refractivity contribution in [2.75, 3.05) is 32.1 Å². The van der Waals surface area contributed by atoms with Crippen molar-refractivity contribution in [2.45, 2.75) is 13.8 Å². The first kappa shape index (κ1) is 14.6. The van der Waals surface area contributed by atoms with E-state index in [4.69, 9.17) is 0 Å². The molecule has 1 rings (SSSR count). The molecule has 0 spiro atoms. The van der Waals surface area contributed by atoms with Gasteiger partial charge in [-0.2, -0.15) is 0 Å². The Hall–Kier alpha value is -1.47. The smallest absolute Gasteiger partial charge is 0.319 e. The number of carbonyl (C=O) groups excluding carboxylic acids is 2. The second kappa shape index (κ2) is 7.07. The van der Waals surface area contributed by atoms with Crippen LogP contribution in [0.4, 0.5) is 5.13 Å². The fourth-order valence-electron chi connectivity index (χ4n) is 1.30. The maximum atomic E-state index is 11.7. The average molecular weight is 271 g/mol. The second-order valence-electron chi connectivity index (χ2n) is 3.72. The van der Waals surface area contributed by atoms with Crippen molar-refractivity contribution in [1.29, 1.82) is 0 Å². The Balaban J connectivity index is 2.44. The number of amides is 1. The molecule has 1 aromatic rings. The lowest BCUT2D eigenvalue weighted by Crippen LogP contribution is -2.37. The van der Waals surface area contributed by atoms with Gasteiger partial charge in [-0.15, -0.1) is 11.3 Å². The van der Waals surface area contributed by atoms with Gasteiger partial charge >= 0.3 is 5.97 Å². The maximum absolute atomic E-state index is 11.7. The van der Waals surface area contributed by atoms with Gasteiger partial charge in [0, 0.05) is 5.38 Å². The molecular weight excluding hydrogens is 254 g/mol. The Morgan fingerprint density at radius 1 is 1.50 bits per heavy atom. The van der Waals surface area contributed by atoms with Gasteiger partial charge in [0.1, 0.15) is 0 Å². The van der Waals surface area contributed by atoms with Crippen LogP contribution in [0.1, 0.15) is 12.6 Å². The number of aryl methyl sites for hydroxylation is 1. The molecule has 0 atom stereocenters. The minimum absolute atomic E-state index is 0.108. The van der Waals surface area contributed by atoms with E-state index in [0.29, 0.717) is 11.7 Å². The van der Waals surface area contributed by atoms with Crippen LogP contribution in [0.25, 0.3) is 0 Å². The standard InChI is InChI=1S/C11H17N3O3S/c1-4-14(6-10(16)17-3)5-9(15)13-11-12-8(2)7-18-11/h7H,4-6H2,1-3H3,(H,12,13,15). The zero-order valence-electron chi connectivity index (χ0n) is 10.7. The average Bonchev–Trinajstić information content (AvgIpc) is 2.73. The van der Waals surface area contributed by atoms with Gasteiger partial charge in [0.05, 0.1) is 25.9 Å². The molecule has 0 unspecified atom stereocenters. The lowest BCUT2D eigenvalue weighted by Gasteiger charge is -2.17. The van der Waals surface area contributed by atoms with Gasteiger partial charge in [0.15, 0.2) is 5.13 Å². The third-order valence-corrected chi connectivity index (χ3v) is 3.14. The Kier molecular flexibility index (Phi) is 5.73. The first-order chi connectivity index (χ1) is 8.55. The molecule has 18 heavy (non-hydrogen) atoms. The molecule has 1 aromatic heterocycles. The number of rotatable bonds is 6. The molecule has 0 bridgehead atoms. The van der Waals surface area contributed by atoms with Crippen molar-refractivity contribution in [3.63, 3.8) is 0 Å². The number of hydrogen-bond donors (Lipinski definition) is 1. The maximum Gasteiger partial charge on any atom is 0.319 e. The van der Waals surface area contributed by atoms with Gasteiger partial charge in [0.2, 0.25) is 5.91 Å². The summed E-state index contributed by atoms with van der Waals surface area (Å²) in [6.07, 6.45) is 0. The van der Waals surface area contributed by atoms with Gasteiger partial charge < -0.3 is 10.1 Å². The fraction of sp³-hybridized carbons (Fsp3) is 0.545. The number of esters is 1. The highest BCUT2D eigenvalue weighted by Gasteiger charge is 2.14. The predicted octanol–water partition coefficient (Wildman–Crippen LogP) is 0.885. The van der Waals surface area contributed by atoms with E-state index in [9.17, 15) is 9.59 Å². The van der Waals surface area contributed by atoms with Crippen LogP contribution in [0, 0.1) is 6.92 Å². The Bertz CT molecular complexity index is 419. The van der Waals surface area contributed by atoms with Crippen LogP contribution in [-0.2, 0) is 14.3 Å². The van der Waals surface area contributed by atoms with Crippen molar-refractivity contribution < 1.29 is 14.3 Å². The quantitative estimate of drug-likeness (QED) is 0.778. The molecule has 6 nitrogen and oxygen atoms in total. The lowest BCUT2D eigenvalue weighted by molar-refractivity contribution is -0.142. The molecule has 1 N–H and O–H groups in total. The van der Waals surface area contributed by atoms with Crippen LogP contribution in [-0.4, -0.2) is 48.5 Å². The molecule has 0 aliphatic rings. The Labute approximate surface area is 110 Å². The molecule has 0 aliphatic heterocycles. The normalized spacial score (nSPS) is 10.4. The fourth-order valence-corrected chi connectivity index (χ4v) is 2.00. The van der Waals surface area contributed by atoms with Gasteiger partial charge in [-0.05, 0) is 13.5 Å². The zero-order chi connectivity index (χ0) is 13.5. The molecule has 1 heterocycles. The largest absolute Gasteiger partial charge is 0.468 e. The van der Waals surface area contributed by atoms with E-state index in [1.54, 1.807) is 4.90 Å². The van der Waals surface area contributed by atoms with Crippen LogP contribution in [0.15, 0.2) is 5.38 Å². The van der Waals surface area contributed by atoms with Crippen LogP contribution in [0.5, 0.6) is 0 Å². The van der Waals surface area contributed by atoms with E-state index < -0.39 is 0 Å². The molecule has 0 radical (unpaired) electrons. The lowest BCUT2D eigenvalue weighted by atomic mass is 10.4. The van der Waals surface area contributed by atoms with Gasteiger partial charge in [-0.25, -0.2) is 4.98 Å². The molecule has 7 heteroatoms. The van der Waals surface area contributed by atoms with Gasteiger partial charge in [-0.3, -0.25) is 14.5 Å². The van der Waals surface area contributed by atoms with Crippen LogP contribution >= 0.6 is 11.3 Å². The van der Waals surface area contributed by atoms with Gasteiger partial charge in [0.25, 0.3) is 0 Å². The molecule has 1 amide bonds. The van der Waals surface area contributed by atoms with Crippen molar-refractivity contribution in [1.82, 2.24) is 9.88 Å². The van der Waals surface area contributed by atoms with E-state index in [2.05, 4.69) is 15.0 Å². The van der Waals surface area contributed by atoms with Crippen molar-refractivity contribution >= 4 is 28.3 Å². The highest BCUT2D eigenvalue weighted by atomic mass is 32.1. The van der Waals surface area contributed by atoms with E-state index in [1.165, 1.54) is 18.4 Å². The molecule has 100 valence electrons. The molecule has 0 saturated heterocycles. The summed E-state index contributed by atoms with van der Waals surface area (Å²) >= 11 is 1.38. The minimum atomic E-state index is -0.352. The number of ether oxygens (including phenoxy) is 1. The minimum Gasteiger partial charge on any atom is -0.468 e. The van der Waals surface area contributed by atoms with E-state index in [1.807, 2.05) is 19.2 Å². The number of likely N-dealkylation sites (N-methyl/N-ethyl adjacent to an activating group) is 1. The van der Waals surface area contributed by atoms with Crippen LogP contribution in [0.2, 0.25) is 0 Å². The molecule has 0 saturated carbocycles. The monoisotopic (exact) mass is 271 g/mol. The van der Waals surface area contributed by atoms with E-state index in [0.717, 1.165) is 5.69 Å². The second-order valence-corrected chi connectivity index (χ2v) is 4.58. The van der Waals surface area contributed by atoms with Gasteiger partial charge in [-0.1, -0.05) is 6.92 Å². The first-order valence-corrected chi connectivity index (χ1v) is 6.44. The number of nitrogens with zero attached hydrogens (tertiary/aromatic N) is 2. The summed E-state index contributed by atoms with van der Waals surface area (Å²) < 4.78 is 4.56. The summed E-state index contributed by atoms with van der Waals surface area (Å²) in [5.41, 5.74) is 0.872. The van der Waals surface area contributed by atoms with Crippen LogP contribution in [0.3, 0.4) is 0 Å². The SMILES string of the molecule is CCN(CC(=O)Nc1nc(C)cs1)CC(=O)OC. The topological polar surface area (TPSA) is 71.5 Å². The summed E-state index contributed by atoms with van der Waals surface area (Å²) in [6, 6.07) is 0. The van der Waals surface area contributed by atoms with E-state index >= 15 is 0 Å². The summed E-state index contributed by atoms with van der Waals surface area (Å²) in [6.45, 7) is 4.59. The Morgan fingerprint density at radius 2 is 2.22 bits per heavy atom. The third-order valence-electron chi connectivity index (χ3n) is 2.26.